The van der Waals surface area contributed by atoms with Crippen LogP contribution >= 0.6 is 0 Å². The van der Waals surface area contributed by atoms with Gasteiger partial charge in [-0.05, 0) is 42.3 Å². The second-order valence-corrected chi connectivity index (χ2v) is 4.60. The van der Waals surface area contributed by atoms with Gasteiger partial charge in [0.05, 0.1) is 0 Å². The summed E-state index contributed by atoms with van der Waals surface area (Å²) in [6.07, 6.45) is 0. The number of rotatable bonds is 4. The highest BCUT2D eigenvalue weighted by Gasteiger charge is 2.09. The quantitative estimate of drug-likeness (QED) is 0.753. The third-order valence-electron chi connectivity index (χ3n) is 3.10. The normalized spacial score (nSPS) is 12.3. The molecule has 0 bridgehead atoms. The van der Waals surface area contributed by atoms with E-state index < -0.39 is 11.6 Å². The highest BCUT2D eigenvalue weighted by Crippen LogP contribution is 2.25. The van der Waals surface area contributed by atoms with Gasteiger partial charge in [0.2, 0.25) is 0 Å². The number of phenolic OH excluding ortho intramolecular Hbond substituents is 2. The molecule has 5 heteroatoms. The van der Waals surface area contributed by atoms with E-state index in [9.17, 15) is 19.0 Å². The van der Waals surface area contributed by atoms with Crippen LogP contribution in [0.4, 0.5) is 8.78 Å². The lowest BCUT2D eigenvalue weighted by Crippen LogP contribution is -2.18. The molecular weight excluding hydrogens is 264 g/mol. The monoisotopic (exact) mass is 279 g/mol. The van der Waals surface area contributed by atoms with Gasteiger partial charge in [-0.3, -0.25) is 0 Å². The van der Waals surface area contributed by atoms with Crippen LogP contribution in [0.1, 0.15) is 24.1 Å². The molecule has 1 unspecified atom stereocenters. The van der Waals surface area contributed by atoms with Crippen molar-refractivity contribution in [3.63, 3.8) is 0 Å². The van der Waals surface area contributed by atoms with Crippen LogP contribution in [0.2, 0.25) is 0 Å². The number of aromatic hydroxyl groups is 2. The summed E-state index contributed by atoms with van der Waals surface area (Å²) in [7, 11) is 0. The zero-order valence-electron chi connectivity index (χ0n) is 10.9. The van der Waals surface area contributed by atoms with Gasteiger partial charge in [0.15, 0.2) is 23.1 Å². The molecule has 0 aliphatic rings. The molecule has 2 aromatic carbocycles. The highest BCUT2D eigenvalue weighted by molar-refractivity contribution is 5.40. The number of hydrogen-bond acceptors (Lipinski definition) is 3. The van der Waals surface area contributed by atoms with E-state index in [0.29, 0.717) is 12.1 Å². The molecule has 0 aromatic heterocycles. The van der Waals surface area contributed by atoms with Crippen molar-refractivity contribution in [1.29, 1.82) is 0 Å². The van der Waals surface area contributed by atoms with E-state index in [1.54, 1.807) is 6.07 Å². The zero-order valence-corrected chi connectivity index (χ0v) is 10.9. The van der Waals surface area contributed by atoms with E-state index in [0.717, 1.165) is 17.7 Å². The Hall–Kier alpha value is -2.14. The van der Waals surface area contributed by atoms with E-state index in [-0.39, 0.29) is 17.5 Å². The van der Waals surface area contributed by atoms with Gasteiger partial charge in [-0.2, -0.15) is 0 Å². The molecule has 2 aromatic rings. The van der Waals surface area contributed by atoms with E-state index in [2.05, 4.69) is 5.32 Å². The standard InChI is InChI=1S/C15H15F2NO2/c1-9(11-3-4-12(16)13(17)7-11)18-8-10-2-5-14(19)15(20)6-10/h2-7,9,18-20H,8H2,1H3. The predicted octanol–water partition coefficient (Wildman–Crippen LogP) is 3.23. The summed E-state index contributed by atoms with van der Waals surface area (Å²) in [6, 6.07) is 8.09. The number of nitrogens with one attached hydrogen (secondary N) is 1. The Morgan fingerprint density at radius 2 is 1.75 bits per heavy atom. The van der Waals surface area contributed by atoms with Crippen molar-refractivity contribution in [3.8, 4) is 11.5 Å². The number of phenols is 2. The van der Waals surface area contributed by atoms with Gasteiger partial charge >= 0.3 is 0 Å². The molecule has 0 aliphatic heterocycles. The molecule has 0 saturated carbocycles. The largest absolute Gasteiger partial charge is 0.504 e. The van der Waals surface area contributed by atoms with Crippen LogP contribution in [0.5, 0.6) is 11.5 Å². The molecular formula is C15H15F2NO2. The molecule has 106 valence electrons. The predicted molar refractivity (Wildman–Crippen MR) is 71.4 cm³/mol. The SMILES string of the molecule is CC(NCc1ccc(O)c(O)c1)c1ccc(F)c(F)c1. The molecule has 20 heavy (non-hydrogen) atoms. The Kier molecular flexibility index (Phi) is 4.20. The number of halogens is 2. The molecule has 3 N–H and O–H groups in total. The first kappa shape index (κ1) is 14.3. The molecule has 0 fully saturated rings. The Balaban J connectivity index is 2.02. The summed E-state index contributed by atoms with van der Waals surface area (Å²) in [6.45, 7) is 2.25. The van der Waals surface area contributed by atoms with Crippen molar-refractivity contribution in [1.82, 2.24) is 5.32 Å². The third-order valence-corrected chi connectivity index (χ3v) is 3.10. The summed E-state index contributed by atoms with van der Waals surface area (Å²) < 4.78 is 26.0. The Bertz CT molecular complexity index is 617. The zero-order chi connectivity index (χ0) is 14.7. The van der Waals surface area contributed by atoms with Crippen molar-refractivity contribution in [2.45, 2.75) is 19.5 Å². The van der Waals surface area contributed by atoms with Gasteiger partial charge < -0.3 is 15.5 Å². The molecule has 0 heterocycles. The van der Waals surface area contributed by atoms with Crippen molar-refractivity contribution >= 4 is 0 Å². The highest BCUT2D eigenvalue weighted by atomic mass is 19.2. The molecule has 1 atom stereocenters. The minimum Gasteiger partial charge on any atom is -0.504 e. The lowest BCUT2D eigenvalue weighted by Gasteiger charge is -2.15. The Morgan fingerprint density at radius 3 is 2.40 bits per heavy atom. The van der Waals surface area contributed by atoms with Gasteiger partial charge in [-0.25, -0.2) is 8.78 Å². The van der Waals surface area contributed by atoms with Crippen LogP contribution < -0.4 is 5.32 Å². The summed E-state index contributed by atoms with van der Waals surface area (Å²) in [5, 5.41) is 21.7. The van der Waals surface area contributed by atoms with Gasteiger partial charge in [0.1, 0.15) is 0 Å². The van der Waals surface area contributed by atoms with Gasteiger partial charge in [0.25, 0.3) is 0 Å². The molecule has 0 amide bonds. The van der Waals surface area contributed by atoms with Crippen molar-refractivity contribution in [3.05, 3.63) is 59.2 Å². The average molecular weight is 279 g/mol. The molecule has 0 spiro atoms. The fraction of sp³-hybridized carbons (Fsp3) is 0.200. The smallest absolute Gasteiger partial charge is 0.159 e. The van der Waals surface area contributed by atoms with Gasteiger partial charge in [-0.15, -0.1) is 0 Å². The second-order valence-electron chi connectivity index (χ2n) is 4.60. The lowest BCUT2D eigenvalue weighted by atomic mass is 10.1. The maximum Gasteiger partial charge on any atom is 0.159 e. The van der Waals surface area contributed by atoms with E-state index >= 15 is 0 Å². The molecule has 0 aliphatic carbocycles. The number of hydrogen-bond donors (Lipinski definition) is 3. The fourth-order valence-corrected chi connectivity index (χ4v) is 1.85. The van der Waals surface area contributed by atoms with E-state index in [1.807, 2.05) is 6.92 Å². The minimum absolute atomic E-state index is 0.178. The summed E-state index contributed by atoms with van der Waals surface area (Å²) in [4.78, 5) is 0. The Morgan fingerprint density at radius 1 is 1.00 bits per heavy atom. The first-order valence-electron chi connectivity index (χ1n) is 6.16. The summed E-state index contributed by atoms with van der Waals surface area (Å²) in [5.41, 5.74) is 1.40. The van der Waals surface area contributed by atoms with Gasteiger partial charge in [-0.1, -0.05) is 12.1 Å². The fourth-order valence-electron chi connectivity index (χ4n) is 1.85. The van der Waals surface area contributed by atoms with Crippen molar-refractivity contribution < 1.29 is 19.0 Å². The molecule has 3 nitrogen and oxygen atoms in total. The maximum atomic E-state index is 13.1. The molecule has 2 rings (SSSR count). The van der Waals surface area contributed by atoms with Crippen molar-refractivity contribution in [2.24, 2.45) is 0 Å². The summed E-state index contributed by atoms with van der Waals surface area (Å²) >= 11 is 0. The van der Waals surface area contributed by atoms with Crippen LogP contribution in [-0.2, 0) is 6.54 Å². The van der Waals surface area contributed by atoms with Crippen LogP contribution in [0.3, 0.4) is 0 Å². The van der Waals surface area contributed by atoms with Crippen LogP contribution in [0.25, 0.3) is 0 Å². The summed E-state index contributed by atoms with van der Waals surface area (Å²) in [5.74, 6) is -2.12. The molecule has 0 saturated heterocycles. The van der Waals surface area contributed by atoms with Crippen LogP contribution in [-0.4, -0.2) is 10.2 Å². The Labute approximate surface area is 115 Å². The average Bonchev–Trinajstić information content (AvgIpc) is 2.43. The maximum absolute atomic E-state index is 13.1. The van der Waals surface area contributed by atoms with Crippen molar-refractivity contribution in [2.75, 3.05) is 0 Å². The third kappa shape index (κ3) is 3.24. The minimum atomic E-state index is -0.876. The topological polar surface area (TPSA) is 52.5 Å². The lowest BCUT2D eigenvalue weighted by molar-refractivity contribution is 0.402. The van der Waals surface area contributed by atoms with E-state index in [1.165, 1.54) is 18.2 Å². The second kappa shape index (κ2) is 5.88. The van der Waals surface area contributed by atoms with Gasteiger partial charge in [0, 0.05) is 12.6 Å². The first-order valence-corrected chi connectivity index (χ1v) is 6.16. The first-order chi connectivity index (χ1) is 9.47. The number of benzene rings is 2. The van der Waals surface area contributed by atoms with Crippen LogP contribution in [0.15, 0.2) is 36.4 Å². The van der Waals surface area contributed by atoms with E-state index in [4.69, 9.17) is 0 Å². The van der Waals surface area contributed by atoms with Crippen LogP contribution in [0, 0.1) is 11.6 Å². The molecule has 0 radical (unpaired) electrons.